The van der Waals surface area contributed by atoms with Crippen LogP contribution in [0.3, 0.4) is 0 Å². The summed E-state index contributed by atoms with van der Waals surface area (Å²) in [6.07, 6.45) is 35.1. The van der Waals surface area contributed by atoms with E-state index in [1.165, 1.54) is 211 Å². The standard InChI is InChI=1S/C27H31N2.C27H25N2.C26H29N2.C22H23N2.C21H21N2/c2*1-20-12-10-11-17-24(20)28-21(2)25-18-19-27(3,23-15-8-5-9-16-23)29(25)26(28)22-13-6-4-7-14-22;1-19-11-7-10-16-23(19)27-20(2)24-17-18-26(3,22-14-8-9-15-22)28(24)25(27)21-12-5-4-6-13-21;1-16-10-8-9-13-19(16)23-17(2)20-14-15-22(3,4)24(20)21(23)18-11-6-5-7-12-18;1-15-9-7-8-12-19(15)23-17(3)20-14-13-16(2)22(20)21(23)18-10-5-4-6-11-18/h4,6-7,10-14,17-19,23H,5,8-9,15-16H2,1-3H3;4-19H,1-3H3;4-7,10-13,16-18,22H,8-9,14-15H2,1-3H3;5-15H,1-4H3;4-14,16H,1-3H3/q5*+1/i;;;;16D. The van der Waals surface area contributed by atoms with Crippen LogP contribution >= 0.6 is 0 Å². The summed E-state index contributed by atoms with van der Waals surface area (Å²) in [5.74, 6) is 7.54. The normalized spacial score (nSPS) is 19.1. The van der Waals surface area contributed by atoms with Crippen molar-refractivity contribution < 1.29 is 24.2 Å². The Kier molecular flexibility index (Phi) is 23.8. The van der Waals surface area contributed by atoms with Crippen LogP contribution in [0.1, 0.15) is 197 Å². The average molecular weight is 1750 g/mol. The molecule has 666 valence electrons. The van der Waals surface area contributed by atoms with Crippen molar-refractivity contribution in [2.24, 2.45) is 11.8 Å². The lowest BCUT2D eigenvalue weighted by Crippen LogP contribution is -2.57. The van der Waals surface area contributed by atoms with Crippen LogP contribution in [0.15, 0.2) is 334 Å². The van der Waals surface area contributed by atoms with Crippen LogP contribution in [-0.2, 0) is 22.2 Å². The molecule has 0 radical (unpaired) electrons. The Morgan fingerprint density at radius 1 is 0.263 bits per heavy atom. The summed E-state index contributed by atoms with van der Waals surface area (Å²) in [5, 5.41) is 0. The van der Waals surface area contributed by atoms with Crippen LogP contribution < -0.4 is 22.8 Å². The van der Waals surface area contributed by atoms with Gasteiger partial charge in [-0.05, 0) is 281 Å². The van der Waals surface area contributed by atoms with Crippen molar-refractivity contribution in [3.8, 4) is 85.4 Å². The lowest BCUT2D eigenvalue weighted by Gasteiger charge is -2.34. The van der Waals surface area contributed by atoms with Crippen molar-refractivity contribution in [3.63, 3.8) is 0 Å². The molecule has 7 aliphatic rings. The Morgan fingerprint density at radius 3 is 0.865 bits per heavy atom. The topological polar surface area (TPSA) is 44.0 Å². The van der Waals surface area contributed by atoms with Gasteiger partial charge in [-0.2, -0.15) is 22.8 Å². The number of para-hydroxylation sites is 5. The maximum atomic E-state index is 8.75. The number of allylic oxidation sites excluding steroid dienone is 5. The first kappa shape index (κ1) is 87.2. The van der Waals surface area contributed by atoms with E-state index in [-0.39, 0.29) is 22.2 Å². The SMILES string of the molecule is Cc1ccccc1-n1c(C)c2[n+](c1-c1ccccc1)C(C)(C)C=C2.Cc1ccccc1-n1c(C)c2[n+](c1-c1ccccc1)C(C)(C1CCCC1)C=C2.Cc1ccccc1-n1c(C)c2[n+](c1-c1ccccc1)C(C)(C1CCCCC1)C=C2.Cc1ccccc1-n1c(C)c2[n+](c1-c1ccccc1)C(C)(c1ccccc1)C=C2.[2H]C1(C)C=Cc2c(C)n(-c3ccccc3C)c(-c3ccccc3)[n+]21. The predicted octanol–water partition coefficient (Wildman–Crippen LogP) is 27.6. The molecule has 16 aromatic rings. The minimum absolute atomic E-state index is 0.0286. The maximum Gasteiger partial charge on any atom is 0.295 e. The smallest absolute Gasteiger partial charge is 0.217 e. The van der Waals surface area contributed by atoms with Gasteiger partial charge in [0, 0.05) is 52.0 Å². The molecule has 0 N–H and O–H groups in total. The Morgan fingerprint density at radius 2 is 0.519 bits per heavy atom. The fourth-order valence-corrected chi connectivity index (χ4v) is 22.8. The molecule has 2 fully saturated rings. The molecule has 10 heterocycles. The second kappa shape index (κ2) is 36.4. The van der Waals surface area contributed by atoms with Gasteiger partial charge >= 0.3 is 0 Å². The molecule has 4 unspecified atom stereocenters. The molecule has 0 spiro atoms. The highest BCUT2D eigenvalue weighted by Gasteiger charge is 2.52. The summed E-state index contributed by atoms with van der Waals surface area (Å²) >= 11 is 0. The predicted molar refractivity (Wildman–Crippen MR) is 549 cm³/mol. The van der Waals surface area contributed by atoms with Crippen LogP contribution in [0.5, 0.6) is 0 Å². The molecule has 5 aromatic heterocycles. The zero-order valence-electron chi connectivity index (χ0n) is 81.6. The van der Waals surface area contributed by atoms with E-state index in [1.54, 1.807) is 0 Å². The molecular formula is C123H129N10+5. The number of aryl methyl sites for hydroxylation is 5. The summed E-state index contributed by atoms with van der Waals surface area (Å²) in [5.41, 5.74) is 32.6. The third kappa shape index (κ3) is 15.7. The van der Waals surface area contributed by atoms with E-state index in [0.29, 0.717) is 11.8 Å². The molecule has 10 nitrogen and oxygen atoms in total. The zero-order valence-corrected chi connectivity index (χ0v) is 80.6. The highest BCUT2D eigenvalue weighted by atomic mass is 15.3. The number of nitrogens with zero attached hydrogens (tertiary/aromatic N) is 10. The van der Waals surface area contributed by atoms with Gasteiger partial charge in [0.15, 0.2) is 62.5 Å². The largest absolute Gasteiger partial charge is 0.295 e. The van der Waals surface area contributed by atoms with Crippen LogP contribution in [0.25, 0.3) is 116 Å². The van der Waals surface area contributed by atoms with E-state index in [4.69, 9.17) is 1.37 Å². The highest BCUT2D eigenvalue weighted by molar-refractivity contribution is 5.70. The second-order valence-corrected chi connectivity index (χ2v) is 38.8. The first-order valence-electron chi connectivity index (χ1n) is 48.8. The van der Waals surface area contributed by atoms with Crippen molar-refractivity contribution in [2.45, 2.75) is 197 Å². The van der Waals surface area contributed by atoms with Gasteiger partial charge in [-0.15, -0.1) is 0 Å². The minimum atomic E-state index is -0.779. The Bertz CT molecular complexity index is 7070. The quantitative estimate of drug-likeness (QED) is 0.103. The number of fused-ring (bicyclic) bond motifs is 5. The lowest BCUT2D eigenvalue weighted by molar-refractivity contribution is -0.744. The van der Waals surface area contributed by atoms with Gasteiger partial charge in [0.05, 0.1) is 29.2 Å². The van der Waals surface area contributed by atoms with Crippen LogP contribution in [0.2, 0.25) is 0 Å². The maximum absolute atomic E-state index is 8.75. The van der Waals surface area contributed by atoms with Gasteiger partial charge in [0.25, 0.3) is 29.1 Å². The van der Waals surface area contributed by atoms with Crippen molar-refractivity contribution in [2.75, 3.05) is 0 Å². The molecule has 4 atom stereocenters. The number of hydrogen-bond acceptors (Lipinski definition) is 0. The van der Waals surface area contributed by atoms with Crippen LogP contribution in [-0.4, -0.2) is 22.8 Å². The van der Waals surface area contributed by atoms with E-state index in [9.17, 15) is 0 Å². The average Bonchev–Trinajstić information content (AvgIpc) is 1.56. The highest BCUT2D eigenvalue weighted by Crippen LogP contribution is 2.47. The molecule has 2 saturated carbocycles. The van der Waals surface area contributed by atoms with Gasteiger partial charge < -0.3 is 0 Å². The molecule has 0 bridgehead atoms. The second-order valence-electron chi connectivity index (χ2n) is 38.8. The summed E-state index contributed by atoms with van der Waals surface area (Å²) in [7, 11) is 0. The summed E-state index contributed by atoms with van der Waals surface area (Å²) in [4.78, 5) is 0. The first-order valence-corrected chi connectivity index (χ1v) is 48.3. The Hall–Kier alpha value is -13.8. The van der Waals surface area contributed by atoms with Crippen molar-refractivity contribution in [3.05, 3.63) is 424 Å². The van der Waals surface area contributed by atoms with Crippen LogP contribution in [0.4, 0.5) is 0 Å². The molecule has 10 heteroatoms. The first-order chi connectivity index (χ1) is 64.8. The summed E-state index contributed by atoms with van der Waals surface area (Å²) in [6, 6.07) is 107. The zero-order chi connectivity index (χ0) is 93.1. The molecule has 11 aromatic carbocycles. The number of benzene rings is 11. The Labute approximate surface area is 790 Å². The van der Waals surface area contributed by atoms with Crippen molar-refractivity contribution >= 4 is 30.4 Å². The van der Waals surface area contributed by atoms with Gasteiger partial charge in [-0.25, -0.2) is 22.8 Å². The van der Waals surface area contributed by atoms with E-state index < -0.39 is 6.02 Å². The number of aromatic nitrogens is 10. The van der Waals surface area contributed by atoms with E-state index >= 15 is 0 Å². The van der Waals surface area contributed by atoms with Crippen molar-refractivity contribution in [1.82, 2.24) is 22.8 Å². The van der Waals surface area contributed by atoms with Gasteiger partial charge in [-0.3, -0.25) is 0 Å². The molecule has 2 aliphatic carbocycles. The number of rotatable bonds is 13. The Balaban J connectivity index is 0.000000108. The molecular weight excluding hydrogens is 1620 g/mol. The fourth-order valence-electron chi connectivity index (χ4n) is 22.8. The van der Waals surface area contributed by atoms with Gasteiger partial charge in [0.2, 0.25) is 0 Å². The number of imidazole rings is 5. The third-order valence-corrected chi connectivity index (χ3v) is 30.0. The van der Waals surface area contributed by atoms with E-state index in [1.807, 2.05) is 19.1 Å². The van der Waals surface area contributed by atoms with Gasteiger partial charge in [0.1, 0.15) is 51.1 Å². The molecule has 0 amide bonds. The summed E-state index contributed by atoms with van der Waals surface area (Å²) < 4.78 is 33.2. The molecule has 133 heavy (non-hydrogen) atoms. The molecule has 23 rings (SSSR count). The van der Waals surface area contributed by atoms with Crippen molar-refractivity contribution in [1.29, 1.82) is 0 Å². The van der Waals surface area contributed by atoms with E-state index in [2.05, 4.69) is 501 Å². The third-order valence-electron chi connectivity index (χ3n) is 30.0. The monoisotopic (exact) mass is 1750 g/mol. The molecule has 0 saturated heterocycles. The number of hydrogen-bond donors (Lipinski definition) is 0. The fraction of sp³-hybridized carbons (Fsp3) is 0.260. The summed E-state index contributed by atoms with van der Waals surface area (Å²) in [6.45, 7) is 35.8. The van der Waals surface area contributed by atoms with Crippen LogP contribution in [0, 0.1) is 81.1 Å². The van der Waals surface area contributed by atoms with Gasteiger partial charge in [-0.1, -0.05) is 244 Å². The lowest BCUT2D eigenvalue weighted by atomic mass is 9.76. The minimum Gasteiger partial charge on any atom is -0.217 e. The molecule has 5 aliphatic heterocycles. The van der Waals surface area contributed by atoms with E-state index in [0.717, 1.165) is 22.8 Å².